The molecule has 2 bridgehead atoms. The number of aliphatic hydroxyl groups excluding tert-OH is 1. The van der Waals surface area contributed by atoms with Crippen LogP contribution < -0.4 is 15.6 Å². The monoisotopic (exact) mass is 468 g/mol. The van der Waals surface area contributed by atoms with Gasteiger partial charge in [0.25, 0.3) is 5.56 Å². The van der Waals surface area contributed by atoms with Crippen molar-refractivity contribution < 1.29 is 19.4 Å². The molecule has 1 aromatic heterocycles. The van der Waals surface area contributed by atoms with E-state index in [0.29, 0.717) is 29.1 Å². The molecule has 3 heterocycles. The Bertz CT molecular complexity index is 1140. The SMILES string of the molecule is CCCNC(=O)N1[C@@H]2c3ccc(-c4ccccc4OC)c(=O)n3C[C@H]1[C@H](CO)[C@H]2C(=O)N(C)C. The molecule has 34 heavy (non-hydrogen) atoms. The third kappa shape index (κ3) is 3.73. The lowest BCUT2D eigenvalue weighted by atomic mass is 9.86. The molecular weight excluding hydrogens is 436 g/mol. The number of ether oxygens (including phenoxy) is 1. The molecule has 9 heteroatoms. The van der Waals surface area contributed by atoms with E-state index < -0.39 is 23.9 Å². The maximum Gasteiger partial charge on any atom is 0.318 e. The fraction of sp³-hybridized carbons (Fsp3) is 0.480. The average molecular weight is 469 g/mol. The van der Waals surface area contributed by atoms with Gasteiger partial charge in [0.2, 0.25) is 5.91 Å². The van der Waals surface area contributed by atoms with Crippen LogP contribution in [0.5, 0.6) is 5.75 Å². The predicted octanol–water partition coefficient (Wildman–Crippen LogP) is 1.70. The molecule has 2 aliphatic heterocycles. The van der Waals surface area contributed by atoms with Crippen molar-refractivity contribution in [1.82, 2.24) is 19.7 Å². The lowest BCUT2D eigenvalue weighted by Gasteiger charge is -2.38. The van der Waals surface area contributed by atoms with E-state index >= 15 is 0 Å². The summed E-state index contributed by atoms with van der Waals surface area (Å²) < 4.78 is 7.12. The summed E-state index contributed by atoms with van der Waals surface area (Å²) in [6.07, 6.45) is 0.775. The summed E-state index contributed by atoms with van der Waals surface area (Å²) in [5, 5.41) is 13.2. The van der Waals surface area contributed by atoms with Gasteiger partial charge in [0.1, 0.15) is 5.75 Å². The molecule has 4 rings (SSSR count). The lowest BCUT2D eigenvalue weighted by molar-refractivity contribution is -0.135. The Morgan fingerprint density at radius 1 is 1.18 bits per heavy atom. The van der Waals surface area contributed by atoms with E-state index in [1.165, 1.54) is 4.90 Å². The van der Waals surface area contributed by atoms with Gasteiger partial charge < -0.3 is 29.5 Å². The topological polar surface area (TPSA) is 104 Å². The molecule has 2 N–H and O–H groups in total. The number of benzene rings is 1. The first-order valence-electron chi connectivity index (χ1n) is 11.6. The van der Waals surface area contributed by atoms with E-state index in [2.05, 4.69) is 5.32 Å². The Balaban J connectivity index is 1.87. The molecule has 1 aromatic carbocycles. The number of hydrogen-bond acceptors (Lipinski definition) is 5. The number of nitrogens with zero attached hydrogens (tertiary/aromatic N) is 3. The fourth-order valence-corrected chi connectivity index (χ4v) is 5.36. The zero-order chi connectivity index (χ0) is 24.6. The van der Waals surface area contributed by atoms with Crippen LogP contribution in [0.2, 0.25) is 0 Å². The summed E-state index contributed by atoms with van der Waals surface area (Å²) in [6.45, 7) is 2.42. The van der Waals surface area contributed by atoms with Gasteiger partial charge in [-0.1, -0.05) is 25.1 Å². The number of pyridine rings is 1. The molecule has 3 amide bonds. The number of fused-ring (bicyclic) bond motifs is 4. The Morgan fingerprint density at radius 3 is 2.56 bits per heavy atom. The van der Waals surface area contributed by atoms with E-state index in [4.69, 9.17) is 4.74 Å². The zero-order valence-corrected chi connectivity index (χ0v) is 20.0. The normalized spacial score (nSPS) is 22.8. The largest absolute Gasteiger partial charge is 0.496 e. The van der Waals surface area contributed by atoms with Gasteiger partial charge in [-0.2, -0.15) is 0 Å². The summed E-state index contributed by atoms with van der Waals surface area (Å²) in [5.41, 5.74) is 1.56. The van der Waals surface area contributed by atoms with Crippen molar-refractivity contribution in [2.24, 2.45) is 11.8 Å². The van der Waals surface area contributed by atoms with Gasteiger partial charge in [-0.05, 0) is 24.6 Å². The number of nitrogens with one attached hydrogen (secondary N) is 1. The molecule has 2 aliphatic rings. The van der Waals surface area contributed by atoms with E-state index in [1.807, 2.05) is 31.2 Å². The molecule has 9 nitrogen and oxygen atoms in total. The van der Waals surface area contributed by atoms with Crippen LogP contribution in [0.25, 0.3) is 11.1 Å². The predicted molar refractivity (Wildman–Crippen MR) is 128 cm³/mol. The Labute approximate surface area is 198 Å². The second-order valence-electron chi connectivity index (χ2n) is 9.04. The summed E-state index contributed by atoms with van der Waals surface area (Å²) in [6, 6.07) is 9.46. The molecule has 182 valence electrons. The van der Waals surface area contributed by atoms with Crippen LogP contribution >= 0.6 is 0 Å². The molecule has 0 unspecified atom stereocenters. The van der Waals surface area contributed by atoms with Crippen molar-refractivity contribution >= 4 is 11.9 Å². The maximum atomic E-state index is 13.7. The molecule has 0 spiro atoms. The van der Waals surface area contributed by atoms with E-state index in [9.17, 15) is 19.5 Å². The zero-order valence-electron chi connectivity index (χ0n) is 20.0. The van der Waals surface area contributed by atoms with Gasteiger partial charge in [0, 0.05) is 51.0 Å². The number of carbonyl (C=O) groups is 2. The minimum atomic E-state index is -0.651. The Kier molecular flexibility index (Phi) is 6.65. The Hall–Kier alpha value is -3.33. The first kappa shape index (κ1) is 23.8. The number of urea groups is 1. The van der Waals surface area contributed by atoms with Crippen molar-refractivity contribution in [3.05, 3.63) is 52.4 Å². The molecule has 1 saturated heterocycles. The minimum Gasteiger partial charge on any atom is -0.496 e. The van der Waals surface area contributed by atoms with E-state index in [0.717, 1.165) is 6.42 Å². The van der Waals surface area contributed by atoms with Crippen LogP contribution in [0, 0.1) is 11.8 Å². The fourth-order valence-electron chi connectivity index (χ4n) is 5.36. The third-order valence-corrected chi connectivity index (χ3v) is 6.93. The van der Waals surface area contributed by atoms with Crippen LogP contribution in [0.15, 0.2) is 41.2 Å². The number of aliphatic hydroxyl groups is 1. The molecule has 0 aliphatic carbocycles. The smallest absolute Gasteiger partial charge is 0.318 e. The number of carbonyl (C=O) groups excluding carboxylic acids is 2. The van der Waals surface area contributed by atoms with E-state index in [1.54, 1.807) is 42.8 Å². The first-order chi connectivity index (χ1) is 16.3. The summed E-state index contributed by atoms with van der Waals surface area (Å²) >= 11 is 0. The van der Waals surface area contributed by atoms with Gasteiger partial charge in [-0.15, -0.1) is 0 Å². The second-order valence-corrected chi connectivity index (χ2v) is 9.04. The van der Waals surface area contributed by atoms with Gasteiger partial charge in [-0.3, -0.25) is 9.59 Å². The number of para-hydroxylation sites is 1. The van der Waals surface area contributed by atoms with Crippen LogP contribution in [-0.4, -0.2) is 71.8 Å². The molecule has 2 aromatic rings. The van der Waals surface area contributed by atoms with Crippen molar-refractivity contribution in [1.29, 1.82) is 0 Å². The van der Waals surface area contributed by atoms with Crippen LogP contribution in [-0.2, 0) is 11.3 Å². The third-order valence-electron chi connectivity index (χ3n) is 6.93. The molecular formula is C25H32N4O5. The number of amides is 3. The standard InChI is InChI=1S/C25H32N4O5/c1-5-12-26-25(33)29-19-13-28-18(22(29)21(17(19)14-30)24(32)27(2)3)11-10-16(23(28)31)15-8-6-7-9-20(15)34-4/h6-11,17,19,21-22,30H,5,12-14H2,1-4H3,(H,26,33)/t17-,19-,21+,22+/m0/s1. The summed E-state index contributed by atoms with van der Waals surface area (Å²) in [4.78, 5) is 43.3. The number of aromatic nitrogens is 1. The second kappa shape index (κ2) is 9.50. The number of methoxy groups -OCH3 is 1. The average Bonchev–Trinajstić information content (AvgIpc) is 3.08. The highest BCUT2D eigenvalue weighted by atomic mass is 16.5. The highest BCUT2D eigenvalue weighted by Gasteiger charge is 2.57. The minimum absolute atomic E-state index is 0.172. The van der Waals surface area contributed by atoms with Crippen LogP contribution in [0.1, 0.15) is 25.1 Å². The Morgan fingerprint density at radius 2 is 1.91 bits per heavy atom. The van der Waals surface area contributed by atoms with Gasteiger partial charge in [-0.25, -0.2) is 4.79 Å². The van der Waals surface area contributed by atoms with Gasteiger partial charge >= 0.3 is 6.03 Å². The first-order valence-corrected chi connectivity index (χ1v) is 11.6. The van der Waals surface area contributed by atoms with Crippen molar-refractivity contribution in [3.63, 3.8) is 0 Å². The lowest BCUT2D eigenvalue weighted by Crippen LogP contribution is -2.52. The number of rotatable bonds is 6. The van der Waals surface area contributed by atoms with E-state index in [-0.39, 0.29) is 30.6 Å². The highest BCUT2D eigenvalue weighted by Crippen LogP contribution is 2.49. The van der Waals surface area contributed by atoms with Crippen LogP contribution in [0.4, 0.5) is 4.79 Å². The quantitative estimate of drug-likeness (QED) is 0.672. The molecule has 4 atom stereocenters. The van der Waals surface area contributed by atoms with Crippen LogP contribution in [0.3, 0.4) is 0 Å². The summed E-state index contributed by atoms with van der Waals surface area (Å²) in [5.74, 6) is -0.716. The van der Waals surface area contributed by atoms with Crippen molar-refractivity contribution in [2.45, 2.75) is 32.0 Å². The number of hydrogen-bond donors (Lipinski definition) is 2. The summed E-state index contributed by atoms with van der Waals surface area (Å²) in [7, 11) is 4.89. The van der Waals surface area contributed by atoms with Gasteiger partial charge in [0.05, 0.1) is 30.7 Å². The highest BCUT2D eigenvalue weighted by molar-refractivity contribution is 5.84. The van der Waals surface area contributed by atoms with Gasteiger partial charge in [0.15, 0.2) is 0 Å². The molecule has 1 fully saturated rings. The molecule has 0 radical (unpaired) electrons. The maximum absolute atomic E-state index is 13.7. The van der Waals surface area contributed by atoms with Crippen molar-refractivity contribution in [3.8, 4) is 16.9 Å². The van der Waals surface area contributed by atoms with Crippen molar-refractivity contribution in [2.75, 3.05) is 34.4 Å². The molecule has 0 saturated carbocycles.